The summed E-state index contributed by atoms with van der Waals surface area (Å²) in [6.45, 7) is 2.42. The van der Waals surface area contributed by atoms with Crippen molar-refractivity contribution >= 4 is 27.7 Å². The Labute approximate surface area is 114 Å². The van der Waals surface area contributed by atoms with Crippen LogP contribution in [0.1, 0.15) is 28.8 Å². The Morgan fingerprint density at radius 3 is 3.00 bits per heavy atom. The molecule has 2 amide bonds. The predicted molar refractivity (Wildman–Crippen MR) is 72.4 cm³/mol. The van der Waals surface area contributed by atoms with E-state index in [1.165, 1.54) is 0 Å². The number of nitrogens with one attached hydrogen (secondary N) is 2. The van der Waals surface area contributed by atoms with Gasteiger partial charge in [0, 0.05) is 23.5 Å². The third-order valence-corrected chi connectivity index (χ3v) is 3.65. The number of aryl methyl sites for hydroxylation is 1. The van der Waals surface area contributed by atoms with Gasteiger partial charge in [0.1, 0.15) is 0 Å². The average Bonchev–Trinajstić information content (AvgIpc) is 2.75. The molecule has 1 aromatic rings. The van der Waals surface area contributed by atoms with Gasteiger partial charge in [-0.3, -0.25) is 9.59 Å². The van der Waals surface area contributed by atoms with E-state index in [-0.39, 0.29) is 17.9 Å². The summed E-state index contributed by atoms with van der Waals surface area (Å²) >= 11 is 3.36. The molecule has 1 fully saturated rings. The van der Waals surface area contributed by atoms with Crippen LogP contribution in [0.25, 0.3) is 0 Å². The summed E-state index contributed by atoms with van der Waals surface area (Å²) in [6.07, 6.45) is 1.34. The van der Waals surface area contributed by atoms with Gasteiger partial charge < -0.3 is 10.6 Å². The standard InChI is InChI=1S/C13H15BrN2O2/c1-8-2-4-11(14)10(6-8)13(18)15-7-9-3-5-12(17)16-9/h2,4,6,9H,3,5,7H2,1H3,(H,15,18)(H,16,17). The van der Waals surface area contributed by atoms with Crippen molar-refractivity contribution in [1.82, 2.24) is 10.6 Å². The lowest BCUT2D eigenvalue weighted by Gasteiger charge is -2.12. The van der Waals surface area contributed by atoms with E-state index in [4.69, 9.17) is 0 Å². The molecule has 0 aromatic heterocycles. The maximum Gasteiger partial charge on any atom is 0.252 e. The molecule has 2 rings (SSSR count). The van der Waals surface area contributed by atoms with Crippen LogP contribution in [0, 0.1) is 6.92 Å². The van der Waals surface area contributed by atoms with Gasteiger partial charge in [0.2, 0.25) is 5.91 Å². The van der Waals surface area contributed by atoms with Crippen molar-refractivity contribution in [3.8, 4) is 0 Å². The van der Waals surface area contributed by atoms with Crippen LogP contribution in [0.4, 0.5) is 0 Å². The Hall–Kier alpha value is -1.36. The Bertz CT molecular complexity index is 488. The maximum atomic E-state index is 12.0. The quantitative estimate of drug-likeness (QED) is 0.894. The minimum atomic E-state index is -0.119. The molecule has 96 valence electrons. The first-order valence-electron chi connectivity index (χ1n) is 5.90. The summed E-state index contributed by atoms with van der Waals surface area (Å²) in [6, 6.07) is 5.71. The summed E-state index contributed by atoms with van der Waals surface area (Å²) in [5.41, 5.74) is 1.66. The SMILES string of the molecule is Cc1ccc(Br)c(C(=O)NCC2CCC(=O)N2)c1. The normalized spacial score (nSPS) is 18.6. The topological polar surface area (TPSA) is 58.2 Å². The first kappa shape index (κ1) is 13.1. The van der Waals surface area contributed by atoms with Crippen molar-refractivity contribution < 1.29 is 9.59 Å². The number of hydrogen-bond donors (Lipinski definition) is 2. The second-order valence-corrected chi connectivity index (χ2v) is 5.35. The Morgan fingerprint density at radius 1 is 1.56 bits per heavy atom. The molecule has 1 unspecified atom stereocenters. The fourth-order valence-corrected chi connectivity index (χ4v) is 2.38. The first-order chi connectivity index (χ1) is 8.56. The summed E-state index contributed by atoms with van der Waals surface area (Å²) in [5, 5.41) is 5.67. The fraction of sp³-hybridized carbons (Fsp3) is 0.385. The molecule has 4 nitrogen and oxygen atoms in total. The Morgan fingerprint density at radius 2 is 2.33 bits per heavy atom. The molecule has 18 heavy (non-hydrogen) atoms. The molecule has 0 bridgehead atoms. The molecule has 5 heteroatoms. The van der Waals surface area contributed by atoms with Crippen LogP contribution in [-0.2, 0) is 4.79 Å². The average molecular weight is 311 g/mol. The van der Waals surface area contributed by atoms with Crippen LogP contribution >= 0.6 is 15.9 Å². The third-order valence-electron chi connectivity index (χ3n) is 2.96. The van der Waals surface area contributed by atoms with Gasteiger partial charge >= 0.3 is 0 Å². The minimum Gasteiger partial charge on any atom is -0.352 e. The van der Waals surface area contributed by atoms with Crippen LogP contribution in [-0.4, -0.2) is 24.4 Å². The molecule has 1 aliphatic rings. The van der Waals surface area contributed by atoms with Crippen molar-refractivity contribution in [2.24, 2.45) is 0 Å². The molecule has 2 N–H and O–H groups in total. The van der Waals surface area contributed by atoms with Gasteiger partial charge in [-0.1, -0.05) is 11.6 Å². The molecule has 0 radical (unpaired) electrons. The van der Waals surface area contributed by atoms with E-state index >= 15 is 0 Å². The van der Waals surface area contributed by atoms with Crippen LogP contribution in [0.3, 0.4) is 0 Å². The van der Waals surface area contributed by atoms with E-state index in [9.17, 15) is 9.59 Å². The lowest BCUT2D eigenvalue weighted by atomic mass is 10.1. The molecule has 1 heterocycles. The molecular formula is C13H15BrN2O2. The zero-order chi connectivity index (χ0) is 13.1. The van der Waals surface area contributed by atoms with Crippen molar-refractivity contribution in [2.45, 2.75) is 25.8 Å². The van der Waals surface area contributed by atoms with Gasteiger partial charge in [-0.25, -0.2) is 0 Å². The van der Waals surface area contributed by atoms with Gasteiger partial charge in [-0.15, -0.1) is 0 Å². The van der Waals surface area contributed by atoms with Crippen LogP contribution in [0.15, 0.2) is 22.7 Å². The van der Waals surface area contributed by atoms with Crippen LogP contribution < -0.4 is 10.6 Å². The maximum absolute atomic E-state index is 12.0. The van der Waals surface area contributed by atoms with E-state index in [1.54, 1.807) is 0 Å². The summed E-state index contributed by atoms with van der Waals surface area (Å²) < 4.78 is 0.779. The number of halogens is 1. The molecule has 1 aliphatic heterocycles. The molecule has 0 aliphatic carbocycles. The minimum absolute atomic E-state index is 0.0602. The van der Waals surface area contributed by atoms with E-state index in [1.807, 2.05) is 25.1 Å². The first-order valence-corrected chi connectivity index (χ1v) is 6.69. The fourth-order valence-electron chi connectivity index (χ4n) is 1.95. The van der Waals surface area contributed by atoms with Gasteiger partial charge in [-0.05, 0) is 41.4 Å². The highest BCUT2D eigenvalue weighted by molar-refractivity contribution is 9.10. The number of amides is 2. The smallest absolute Gasteiger partial charge is 0.252 e. The molecule has 1 saturated heterocycles. The van der Waals surface area contributed by atoms with E-state index in [0.29, 0.717) is 18.5 Å². The lowest BCUT2D eigenvalue weighted by molar-refractivity contribution is -0.119. The molecule has 0 saturated carbocycles. The highest BCUT2D eigenvalue weighted by Crippen LogP contribution is 2.18. The van der Waals surface area contributed by atoms with Gasteiger partial charge in [0.25, 0.3) is 5.91 Å². The molecular weight excluding hydrogens is 296 g/mol. The van der Waals surface area contributed by atoms with Gasteiger partial charge in [-0.2, -0.15) is 0 Å². The zero-order valence-electron chi connectivity index (χ0n) is 10.1. The second kappa shape index (κ2) is 5.52. The van der Waals surface area contributed by atoms with E-state index < -0.39 is 0 Å². The highest BCUT2D eigenvalue weighted by atomic mass is 79.9. The number of benzene rings is 1. The summed E-state index contributed by atoms with van der Waals surface area (Å²) in [4.78, 5) is 23.0. The zero-order valence-corrected chi connectivity index (χ0v) is 11.7. The van der Waals surface area contributed by atoms with Crippen molar-refractivity contribution in [3.05, 3.63) is 33.8 Å². The van der Waals surface area contributed by atoms with E-state index in [2.05, 4.69) is 26.6 Å². The summed E-state index contributed by atoms with van der Waals surface area (Å²) in [5.74, 6) is -0.0577. The number of rotatable bonds is 3. The van der Waals surface area contributed by atoms with Crippen molar-refractivity contribution in [1.29, 1.82) is 0 Å². The number of hydrogen-bond acceptors (Lipinski definition) is 2. The molecule has 1 atom stereocenters. The summed E-state index contributed by atoms with van der Waals surface area (Å²) in [7, 11) is 0. The van der Waals surface area contributed by atoms with E-state index in [0.717, 1.165) is 16.5 Å². The number of carbonyl (C=O) groups is 2. The van der Waals surface area contributed by atoms with Gasteiger partial charge in [0.05, 0.1) is 5.56 Å². The highest BCUT2D eigenvalue weighted by Gasteiger charge is 2.21. The monoisotopic (exact) mass is 310 g/mol. The van der Waals surface area contributed by atoms with Gasteiger partial charge in [0.15, 0.2) is 0 Å². The lowest BCUT2D eigenvalue weighted by Crippen LogP contribution is -2.38. The van der Waals surface area contributed by atoms with Crippen molar-refractivity contribution in [3.63, 3.8) is 0 Å². The van der Waals surface area contributed by atoms with Crippen LogP contribution in [0.5, 0.6) is 0 Å². The Balaban J connectivity index is 1.95. The number of carbonyl (C=O) groups excluding carboxylic acids is 2. The van der Waals surface area contributed by atoms with Crippen LogP contribution in [0.2, 0.25) is 0 Å². The second-order valence-electron chi connectivity index (χ2n) is 4.50. The Kier molecular flexibility index (Phi) is 4.01. The van der Waals surface area contributed by atoms with Crippen molar-refractivity contribution in [2.75, 3.05) is 6.54 Å². The molecule has 1 aromatic carbocycles. The predicted octanol–water partition coefficient (Wildman–Crippen LogP) is 1.77. The largest absolute Gasteiger partial charge is 0.352 e. The third kappa shape index (κ3) is 3.10. The molecule has 0 spiro atoms.